The summed E-state index contributed by atoms with van der Waals surface area (Å²) in [6.07, 6.45) is 3.10. The predicted molar refractivity (Wildman–Crippen MR) is 155 cm³/mol. The first-order chi connectivity index (χ1) is 20.2. The summed E-state index contributed by atoms with van der Waals surface area (Å²) in [7, 11) is 0. The topological polar surface area (TPSA) is 96.8 Å². The van der Waals surface area contributed by atoms with Crippen molar-refractivity contribution in [1.82, 2.24) is 24.9 Å². The van der Waals surface area contributed by atoms with Crippen LogP contribution in [-0.2, 0) is 27.5 Å². The molecule has 3 amide bonds. The zero-order valence-electron chi connectivity index (χ0n) is 24.1. The molecule has 2 unspecified atom stereocenters. The number of nitrogens with one attached hydrogen (secondary N) is 1. The summed E-state index contributed by atoms with van der Waals surface area (Å²) in [6, 6.07) is 19.9. The van der Waals surface area contributed by atoms with Gasteiger partial charge in [-0.25, -0.2) is 0 Å². The van der Waals surface area contributed by atoms with Crippen LogP contribution >= 0.6 is 0 Å². The van der Waals surface area contributed by atoms with Crippen molar-refractivity contribution < 1.29 is 19.1 Å². The minimum Gasteiger partial charge on any atom is -0.371 e. The second-order valence-electron chi connectivity index (χ2n) is 13.1. The van der Waals surface area contributed by atoms with Crippen molar-refractivity contribution in [3.8, 4) is 0 Å². The zero-order valence-corrected chi connectivity index (χ0v) is 24.1. The van der Waals surface area contributed by atoms with Crippen molar-refractivity contribution in [3.63, 3.8) is 0 Å². The molecule has 1 saturated carbocycles. The van der Waals surface area contributed by atoms with Crippen LogP contribution in [0.3, 0.4) is 0 Å². The second-order valence-corrected chi connectivity index (χ2v) is 13.1. The van der Waals surface area contributed by atoms with E-state index in [0.717, 1.165) is 11.1 Å². The first-order valence-corrected chi connectivity index (χ1v) is 14.8. The molecule has 4 saturated heterocycles. The number of likely N-dealkylation sites (tertiary alicyclic amines) is 1. The summed E-state index contributed by atoms with van der Waals surface area (Å²) < 4.78 is 8.15. The molecular formula is C33H37N5O4. The normalized spacial score (nSPS) is 27.3. The van der Waals surface area contributed by atoms with Gasteiger partial charge in [0.15, 0.2) is 0 Å². The van der Waals surface area contributed by atoms with Crippen LogP contribution in [0.5, 0.6) is 0 Å². The van der Waals surface area contributed by atoms with Gasteiger partial charge in [-0.1, -0.05) is 74.5 Å². The molecule has 4 aliphatic heterocycles. The summed E-state index contributed by atoms with van der Waals surface area (Å²) in [4.78, 5) is 44.7. The van der Waals surface area contributed by atoms with Gasteiger partial charge in [0.2, 0.25) is 11.8 Å². The number of hydrogen-bond donors (Lipinski definition) is 1. The highest BCUT2D eigenvalue weighted by atomic mass is 16.5. The molecule has 5 heterocycles. The molecule has 1 N–H and O–H groups in total. The van der Waals surface area contributed by atoms with Crippen LogP contribution < -0.4 is 5.32 Å². The standard InChI is InChI=1S/C33H37N5O4/c1-32(2)27-26(42-18-23-11-7-4-8-12-23)14-34-29(39)25-17-36(19-33(25)20-37(21-33)31(41)28(27)32)30(40)24-13-35-38(16-24)15-22-9-5-3-6-10-22/h3-13,16,25-28H,14-15,17-21H2,1-2H3,(H,34,39)/t25?,26-,27?,28+/m0/s1. The lowest BCUT2D eigenvalue weighted by molar-refractivity contribution is -0.151. The molecule has 0 radical (unpaired) electrons. The first-order valence-electron chi connectivity index (χ1n) is 14.8. The van der Waals surface area contributed by atoms with Gasteiger partial charge >= 0.3 is 0 Å². The molecule has 5 fully saturated rings. The number of amides is 3. The van der Waals surface area contributed by atoms with Crippen molar-refractivity contribution in [3.05, 3.63) is 89.7 Å². The fraction of sp³-hybridized carbons (Fsp3) is 0.455. The monoisotopic (exact) mass is 567 g/mol. The first kappa shape index (κ1) is 26.9. The van der Waals surface area contributed by atoms with E-state index in [4.69, 9.17) is 4.74 Å². The number of carbonyl (C=O) groups excluding carboxylic acids is 3. The Kier molecular flexibility index (Phi) is 6.46. The smallest absolute Gasteiger partial charge is 0.257 e. The number of fused-ring (bicyclic) bond motifs is 3. The minimum atomic E-state index is -0.436. The van der Waals surface area contributed by atoms with Crippen LogP contribution in [0.1, 0.15) is 35.3 Å². The van der Waals surface area contributed by atoms with E-state index >= 15 is 0 Å². The average Bonchev–Trinajstić information content (AvgIpc) is 3.31. The van der Waals surface area contributed by atoms with Gasteiger partial charge in [0, 0.05) is 56.2 Å². The van der Waals surface area contributed by atoms with Gasteiger partial charge < -0.3 is 19.9 Å². The number of carbonyl (C=O) groups is 3. The van der Waals surface area contributed by atoms with E-state index in [0.29, 0.717) is 51.4 Å². The summed E-state index contributed by atoms with van der Waals surface area (Å²) in [6.45, 7) is 7.35. The maximum Gasteiger partial charge on any atom is 0.257 e. The van der Waals surface area contributed by atoms with Crippen molar-refractivity contribution in [2.75, 3.05) is 32.7 Å². The molecule has 1 aromatic heterocycles. The highest BCUT2D eigenvalue weighted by Gasteiger charge is 2.68. The van der Waals surface area contributed by atoms with Gasteiger partial charge in [-0.3, -0.25) is 19.1 Å². The van der Waals surface area contributed by atoms with E-state index in [1.165, 1.54) is 0 Å². The van der Waals surface area contributed by atoms with E-state index in [-0.39, 0.29) is 47.0 Å². The highest BCUT2D eigenvalue weighted by Crippen LogP contribution is 2.62. The maximum absolute atomic E-state index is 13.7. The van der Waals surface area contributed by atoms with Crippen LogP contribution in [0.15, 0.2) is 73.1 Å². The van der Waals surface area contributed by atoms with Gasteiger partial charge in [-0.05, 0) is 16.5 Å². The number of rotatable bonds is 6. The van der Waals surface area contributed by atoms with Crippen molar-refractivity contribution in [1.29, 1.82) is 0 Å². The predicted octanol–water partition coefficient (Wildman–Crippen LogP) is 2.82. The van der Waals surface area contributed by atoms with Crippen LogP contribution in [0.4, 0.5) is 0 Å². The molecular weight excluding hydrogens is 530 g/mol. The largest absolute Gasteiger partial charge is 0.371 e. The summed E-state index contributed by atoms with van der Waals surface area (Å²) in [5, 5.41) is 7.59. The van der Waals surface area contributed by atoms with Gasteiger partial charge in [0.25, 0.3) is 5.91 Å². The molecule has 218 valence electrons. The SMILES string of the molecule is CC1(C)C2[C@@H](OCc3ccccc3)CNC(=O)C3CN(C(=O)c4cnn(Cc5ccccc5)c4)CC34CN(C4)C(=O)[C@@H]21. The third-order valence-corrected chi connectivity index (χ3v) is 10.0. The fourth-order valence-corrected chi connectivity index (χ4v) is 7.62. The molecule has 4 atom stereocenters. The third kappa shape index (κ3) is 4.60. The third-order valence-electron chi connectivity index (χ3n) is 10.0. The van der Waals surface area contributed by atoms with Crippen molar-refractivity contribution in [2.45, 2.75) is 33.1 Å². The van der Waals surface area contributed by atoms with Crippen LogP contribution in [0.25, 0.3) is 0 Å². The van der Waals surface area contributed by atoms with Crippen molar-refractivity contribution in [2.24, 2.45) is 28.6 Å². The Morgan fingerprint density at radius 3 is 2.40 bits per heavy atom. The van der Waals surface area contributed by atoms with Crippen LogP contribution in [-0.4, -0.2) is 76.1 Å². The van der Waals surface area contributed by atoms with Gasteiger partial charge in [0.05, 0.1) is 36.9 Å². The van der Waals surface area contributed by atoms with E-state index in [9.17, 15) is 14.4 Å². The maximum atomic E-state index is 13.7. The molecule has 2 bridgehead atoms. The summed E-state index contributed by atoms with van der Waals surface area (Å²) in [5.41, 5.74) is 2.02. The summed E-state index contributed by atoms with van der Waals surface area (Å²) in [5.74, 6) is -0.547. The van der Waals surface area contributed by atoms with E-state index in [1.807, 2.05) is 65.6 Å². The molecule has 9 heteroatoms. The van der Waals surface area contributed by atoms with E-state index in [1.54, 1.807) is 22.0 Å². The number of ether oxygens (including phenoxy) is 1. The molecule has 5 aliphatic rings. The van der Waals surface area contributed by atoms with Crippen molar-refractivity contribution >= 4 is 17.7 Å². The molecule has 8 rings (SSSR count). The van der Waals surface area contributed by atoms with Crippen LogP contribution in [0, 0.1) is 28.6 Å². The van der Waals surface area contributed by atoms with Gasteiger partial charge in [0.1, 0.15) is 0 Å². The van der Waals surface area contributed by atoms with Crippen LogP contribution in [0.2, 0.25) is 0 Å². The molecule has 2 aromatic carbocycles. The Labute approximate surface area is 245 Å². The second kappa shape index (κ2) is 10.1. The lowest BCUT2D eigenvalue weighted by Crippen LogP contribution is -2.64. The molecule has 9 nitrogen and oxygen atoms in total. The van der Waals surface area contributed by atoms with Gasteiger partial charge in [-0.15, -0.1) is 0 Å². The Bertz CT molecular complexity index is 1500. The number of nitrogens with zero attached hydrogens (tertiary/aromatic N) is 4. The average molecular weight is 568 g/mol. The Balaban J connectivity index is 1.08. The molecule has 42 heavy (non-hydrogen) atoms. The lowest BCUT2D eigenvalue weighted by Gasteiger charge is -2.50. The Morgan fingerprint density at radius 2 is 1.69 bits per heavy atom. The number of benzene rings is 2. The Hall–Kier alpha value is -3.98. The number of hydrogen-bond acceptors (Lipinski definition) is 5. The quantitative estimate of drug-likeness (QED) is 0.494. The molecule has 3 aromatic rings. The zero-order chi connectivity index (χ0) is 29.1. The fourth-order valence-electron chi connectivity index (χ4n) is 7.62. The number of aromatic nitrogens is 2. The van der Waals surface area contributed by atoms with Gasteiger partial charge in [-0.2, -0.15) is 5.10 Å². The van der Waals surface area contributed by atoms with E-state index < -0.39 is 5.41 Å². The summed E-state index contributed by atoms with van der Waals surface area (Å²) >= 11 is 0. The lowest BCUT2D eigenvalue weighted by atomic mass is 9.71. The molecule has 1 aliphatic carbocycles. The molecule has 1 spiro atoms. The minimum absolute atomic E-state index is 0.0361. The Morgan fingerprint density at radius 1 is 1.00 bits per heavy atom. The highest BCUT2D eigenvalue weighted by molar-refractivity contribution is 5.95. The van der Waals surface area contributed by atoms with E-state index in [2.05, 4.69) is 24.3 Å².